The Balaban J connectivity index is 2.21. The molecule has 0 unspecified atom stereocenters. The molecular formula is C10H7FN2O4. The highest BCUT2D eigenvalue weighted by atomic mass is 19.1. The van der Waals surface area contributed by atoms with Crippen LogP contribution in [0.2, 0.25) is 0 Å². The molecule has 7 heteroatoms. The predicted molar refractivity (Wildman–Crippen MR) is 54.1 cm³/mol. The topological polar surface area (TPSA) is 90.7 Å². The molecule has 0 aliphatic carbocycles. The summed E-state index contributed by atoms with van der Waals surface area (Å²) in [6.07, 6.45) is 0. The first-order valence-electron chi connectivity index (χ1n) is 4.70. The molecule has 0 fully saturated rings. The van der Waals surface area contributed by atoms with Gasteiger partial charge in [-0.2, -0.15) is 4.39 Å². The lowest BCUT2D eigenvalue weighted by Crippen LogP contribution is -1.93. The fourth-order valence-corrected chi connectivity index (χ4v) is 1.60. The number of aromatic nitrogens is 1. The number of ether oxygens (including phenoxy) is 2. The summed E-state index contributed by atoms with van der Waals surface area (Å²) in [4.78, 5) is 0. The zero-order valence-electron chi connectivity index (χ0n) is 8.44. The lowest BCUT2D eigenvalue weighted by atomic mass is 10.1. The summed E-state index contributed by atoms with van der Waals surface area (Å²) in [6, 6.07) is 2.78. The van der Waals surface area contributed by atoms with Crippen LogP contribution in [-0.2, 0) is 0 Å². The maximum Gasteiger partial charge on any atom is 0.231 e. The molecule has 3 rings (SSSR count). The highest BCUT2D eigenvalue weighted by Crippen LogP contribution is 2.45. The van der Waals surface area contributed by atoms with E-state index in [4.69, 9.17) is 19.7 Å². The van der Waals surface area contributed by atoms with Gasteiger partial charge in [0.25, 0.3) is 0 Å². The van der Waals surface area contributed by atoms with E-state index in [0.29, 0.717) is 0 Å². The van der Waals surface area contributed by atoms with E-state index in [-0.39, 0.29) is 35.4 Å². The Bertz CT molecular complexity index is 596. The second kappa shape index (κ2) is 3.27. The summed E-state index contributed by atoms with van der Waals surface area (Å²) in [7, 11) is 0. The number of nitrogens with zero attached hydrogens (tertiary/aromatic N) is 1. The number of rotatable bonds is 1. The molecule has 1 aromatic heterocycles. The normalized spacial score (nSPS) is 13.0. The van der Waals surface area contributed by atoms with E-state index >= 15 is 0 Å². The molecule has 0 saturated heterocycles. The highest BCUT2D eigenvalue weighted by Gasteiger charge is 2.26. The minimum Gasteiger partial charge on any atom is -0.504 e. The lowest BCUT2D eigenvalue weighted by molar-refractivity contribution is 0.170. The second-order valence-corrected chi connectivity index (χ2v) is 3.44. The van der Waals surface area contributed by atoms with Gasteiger partial charge in [0.05, 0.1) is 5.56 Å². The SMILES string of the molecule is Nc1cc(-c2cc3c(c(F)c2O)OCO3)on1. The molecule has 2 heterocycles. The first kappa shape index (κ1) is 9.76. The number of hydrogen-bond donors (Lipinski definition) is 2. The van der Waals surface area contributed by atoms with E-state index in [0.717, 1.165) is 0 Å². The third kappa shape index (κ3) is 1.36. The van der Waals surface area contributed by atoms with E-state index in [1.807, 2.05) is 0 Å². The number of halogens is 1. The zero-order chi connectivity index (χ0) is 12.0. The number of aromatic hydroxyl groups is 1. The number of nitrogens with two attached hydrogens (primary N) is 1. The van der Waals surface area contributed by atoms with Crippen molar-refractivity contribution in [2.45, 2.75) is 0 Å². The Hall–Kier alpha value is -2.44. The van der Waals surface area contributed by atoms with Crippen molar-refractivity contribution >= 4 is 5.82 Å². The van der Waals surface area contributed by atoms with Crippen LogP contribution in [0.3, 0.4) is 0 Å². The zero-order valence-corrected chi connectivity index (χ0v) is 8.44. The van der Waals surface area contributed by atoms with Gasteiger partial charge in [0, 0.05) is 6.07 Å². The van der Waals surface area contributed by atoms with Crippen LogP contribution in [0.4, 0.5) is 10.2 Å². The van der Waals surface area contributed by atoms with Crippen molar-refractivity contribution in [3.05, 3.63) is 17.9 Å². The first-order valence-corrected chi connectivity index (χ1v) is 4.70. The Morgan fingerprint density at radius 2 is 2.18 bits per heavy atom. The molecule has 6 nitrogen and oxygen atoms in total. The molecule has 1 aliphatic heterocycles. The molecule has 0 saturated carbocycles. The summed E-state index contributed by atoms with van der Waals surface area (Å²) in [5, 5.41) is 13.1. The average Bonchev–Trinajstić information content (AvgIpc) is 2.91. The van der Waals surface area contributed by atoms with Crippen LogP contribution in [0.15, 0.2) is 16.7 Å². The number of fused-ring (bicyclic) bond motifs is 1. The van der Waals surface area contributed by atoms with Crippen LogP contribution in [0.1, 0.15) is 0 Å². The van der Waals surface area contributed by atoms with Gasteiger partial charge in [0.15, 0.2) is 23.1 Å². The van der Waals surface area contributed by atoms with Gasteiger partial charge < -0.3 is 24.8 Å². The van der Waals surface area contributed by atoms with Crippen molar-refractivity contribution in [2.24, 2.45) is 0 Å². The molecule has 0 amide bonds. The Morgan fingerprint density at radius 3 is 2.88 bits per heavy atom. The maximum absolute atomic E-state index is 13.7. The fourth-order valence-electron chi connectivity index (χ4n) is 1.60. The second-order valence-electron chi connectivity index (χ2n) is 3.44. The molecule has 1 aromatic carbocycles. The van der Waals surface area contributed by atoms with Gasteiger partial charge in [-0.25, -0.2) is 0 Å². The predicted octanol–water partition coefficient (Wildman–Crippen LogP) is 1.50. The third-order valence-electron chi connectivity index (χ3n) is 2.37. The Morgan fingerprint density at radius 1 is 1.35 bits per heavy atom. The molecule has 17 heavy (non-hydrogen) atoms. The number of phenolic OH excluding ortho intramolecular Hbond substituents is 1. The van der Waals surface area contributed by atoms with Crippen LogP contribution >= 0.6 is 0 Å². The average molecular weight is 238 g/mol. The van der Waals surface area contributed by atoms with Gasteiger partial charge >= 0.3 is 0 Å². The Kier molecular flexibility index (Phi) is 1.88. The number of benzene rings is 1. The number of hydrogen-bond acceptors (Lipinski definition) is 6. The minimum atomic E-state index is -0.898. The summed E-state index contributed by atoms with van der Waals surface area (Å²) in [5.41, 5.74) is 5.49. The number of anilines is 1. The van der Waals surface area contributed by atoms with Crippen LogP contribution in [-0.4, -0.2) is 17.1 Å². The summed E-state index contributed by atoms with van der Waals surface area (Å²) in [6.45, 7) is -0.0896. The van der Waals surface area contributed by atoms with Gasteiger partial charge in [-0.15, -0.1) is 0 Å². The van der Waals surface area contributed by atoms with Gasteiger partial charge in [-0.1, -0.05) is 5.16 Å². The van der Waals surface area contributed by atoms with Crippen molar-refractivity contribution in [3.63, 3.8) is 0 Å². The smallest absolute Gasteiger partial charge is 0.231 e. The van der Waals surface area contributed by atoms with Crippen molar-refractivity contribution in [1.29, 1.82) is 0 Å². The molecule has 0 atom stereocenters. The van der Waals surface area contributed by atoms with Crippen molar-refractivity contribution in [2.75, 3.05) is 12.5 Å². The molecule has 2 aromatic rings. The summed E-state index contributed by atoms with van der Waals surface area (Å²) in [5.74, 6) is -1.12. The number of phenols is 1. The van der Waals surface area contributed by atoms with Crippen molar-refractivity contribution in [3.8, 4) is 28.6 Å². The van der Waals surface area contributed by atoms with E-state index in [1.165, 1.54) is 12.1 Å². The van der Waals surface area contributed by atoms with Gasteiger partial charge in [-0.05, 0) is 6.07 Å². The number of nitrogen functional groups attached to an aromatic ring is 1. The summed E-state index contributed by atoms with van der Waals surface area (Å²) < 4.78 is 28.5. The van der Waals surface area contributed by atoms with Crippen LogP contribution in [0.5, 0.6) is 17.2 Å². The molecule has 0 bridgehead atoms. The van der Waals surface area contributed by atoms with Crippen molar-refractivity contribution in [1.82, 2.24) is 5.16 Å². The van der Waals surface area contributed by atoms with Gasteiger partial charge in [0.1, 0.15) is 0 Å². The third-order valence-corrected chi connectivity index (χ3v) is 2.37. The molecular weight excluding hydrogens is 231 g/mol. The Labute approximate surface area is 94.3 Å². The maximum atomic E-state index is 13.7. The van der Waals surface area contributed by atoms with Crippen molar-refractivity contribution < 1.29 is 23.5 Å². The first-order chi connectivity index (χ1) is 8.16. The van der Waals surface area contributed by atoms with E-state index < -0.39 is 11.6 Å². The quantitative estimate of drug-likeness (QED) is 0.782. The van der Waals surface area contributed by atoms with E-state index in [1.54, 1.807) is 0 Å². The van der Waals surface area contributed by atoms with Gasteiger partial charge in [0.2, 0.25) is 18.4 Å². The molecule has 0 radical (unpaired) electrons. The largest absolute Gasteiger partial charge is 0.504 e. The molecule has 3 N–H and O–H groups in total. The molecule has 0 spiro atoms. The highest BCUT2D eigenvalue weighted by molar-refractivity contribution is 5.72. The van der Waals surface area contributed by atoms with E-state index in [9.17, 15) is 9.50 Å². The molecule has 1 aliphatic rings. The standard InChI is InChI=1S/C10H7FN2O4/c11-8-9(14)4(5-2-7(12)13-17-5)1-6-10(8)16-3-15-6/h1-2,14H,3H2,(H2,12,13). The van der Waals surface area contributed by atoms with Crippen LogP contribution in [0.25, 0.3) is 11.3 Å². The van der Waals surface area contributed by atoms with Gasteiger partial charge in [-0.3, -0.25) is 0 Å². The lowest BCUT2D eigenvalue weighted by Gasteiger charge is -2.04. The molecule has 88 valence electrons. The van der Waals surface area contributed by atoms with Crippen LogP contribution < -0.4 is 15.2 Å². The summed E-state index contributed by atoms with van der Waals surface area (Å²) >= 11 is 0. The monoisotopic (exact) mass is 238 g/mol. The van der Waals surface area contributed by atoms with E-state index in [2.05, 4.69) is 5.16 Å². The minimum absolute atomic E-state index is 0.0896. The van der Waals surface area contributed by atoms with Crippen LogP contribution in [0, 0.1) is 5.82 Å². The fraction of sp³-hybridized carbons (Fsp3) is 0.100.